The molecule has 0 saturated heterocycles. The molecule has 0 aliphatic rings. The SMILES string of the molecule is Cc1c(F)cc(C#N)cc1NC(=O)c1cccc(I)c1. The normalized spacial score (nSPS) is 9.90. The molecule has 0 bridgehead atoms. The summed E-state index contributed by atoms with van der Waals surface area (Å²) in [4.78, 5) is 12.1. The average molecular weight is 380 g/mol. The van der Waals surface area contributed by atoms with Crippen LogP contribution in [0.25, 0.3) is 0 Å². The predicted octanol–water partition coefficient (Wildman–Crippen LogP) is 3.86. The van der Waals surface area contributed by atoms with Crippen molar-refractivity contribution in [3.8, 4) is 6.07 Å². The Balaban J connectivity index is 2.33. The van der Waals surface area contributed by atoms with Crippen molar-refractivity contribution in [3.63, 3.8) is 0 Å². The molecule has 1 N–H and O–H groups in total. The number of carbonyl (C=O) groups excluding carboxylic acids is 1. The van der Waals surface area contributed by atoms with Gasteiger partial charge in [-0.25, -0.2) is 4.39 Å². The first kappa shape index (κ1) is 14.5. The van der Waals surface area contributed by atoms with Gasteiger partial charge in [0.25, 0.3) is 5.91 Å². The Bertz CT molecular complexity index is 722. The average Bonchev–Trinajstić information content (AvgIpc) is 2.43. The number of nitrogens with one attached hydrogen (secondary N) is 1. The molecular weight excluding hydrogens is 370 g/mol. The Kier molecular flexibility index (Phi) is 4.35. The van der Waals surface area contributed by atoms with E-state index in [1.165, 1.54) is 6.07 Å². The van der Waals surface area contributed by atoms with Crippen LogP contribution in [0.15, 0.2) is 36.4 Å². The van der Waals surface area contributed by atoms with E-state index in [2.05, 4.69) is 27.9 Å². The lowest BCUT2D eigenvalue weighted by Gasteiger charge is -2.10. The number of benzene rings is 2. The number of rotatable bonds is 2. The van der Waals surface area contributed by atoms with Gasteiger partial charge < -0.3 is 5.32 Å². The summed E-state index contributed by atoms with van der Waals surface area (Å²) in [6.45, 7) is 1.56. The van der Waals surface area contributed by atoms with Gasteiger partial charge in [-0.05, 0) is 59.8 Å². The standard InChI is InChI=1S/C15H10FIN2O/c1-9-13(16)5-10(8-18)6-14(9)19-15(20)11-3-2-4-12(17)7-11/h2-7H,1H3,(H,19,20). The lowest BCUT2D eigenvalue weighted by Crippen LogP contribution is -2.13. The number of halogens is 2. The third-order valence-electron chi connectivity index (χ3n) is 2.81. The van der Waals surface area contributed by atoms with E-state index in [0.717, 1.165) is 9.64 Å². The zero-order valence-corrected chi connectivity index (χ0v) is 12.7. The van der Waals surface area contributed by atoms with Gasteiger partial charge in [0.05, 0.1) is 11.6 Å². The van der Waals surface area contributed by atoms with Crippen LogP contribution in [0.4, 0.5) is 10.1 Å². The number of nitrogens with zero attached hydrogens (tertiary/aromatic N) is 1. The molecule has 0 fully saturated rings. The van der Waals surface area contributed by atoms with Gasteiger partial charge in [0.1, 0.15) is 5.82 Å². The maximum atomic E-state index is 13.6. The third kappa shape index (κ3) is 3.14. The Morgan fingerprint density at radius 2 is 2.10 bits per heavy atom. The second-order valence-electron chi connectivity index (χ2n) is 4.21. The summed E-state index contributed by atoms with van der Waals surface area (Å²) in [7, 11) is 0. The highest BCUT2D eigenvalue weighted by Crippen LogP contribution is 2.21. The van der Waals surface area contributed by atoms with Crippen LogP contribution in [0.3, 0.4) is 0 Å². The molecule has 0 heterocycles. The van der Waals surface area contributed by atoms with Crippen LogP contribution >= 0.6 is 22.6 Å². The number of amides is 1. The van der Waals surface area contributed by atoms with Crippen molar-refractivity contribution >= 4 is 34.2 Å². The van der Waals surface area contributed by atoms with E-state index in [1.807, 2.05) is 12.1 Å². The predicted molar refractivity (Wildman–Crippen MR) is 83.0 cm³/mol. The first-order chi connectivity index (χ1) is 9.51. The molecule has 2 aromatic carbocycles. The molecule has 1 amide bonds. The fourth-order valence-electron chi connectivity index (χ4n) is 1.70. The summed E-state index contributed by atoms with van der Waals surface area (Å²) in [5.74, 6) is -0.844. The van der Waals surface area contributed by atoms with Gasteiger partial charge in [-0.15, -0.1) is 0 Å². The molecule has 3 nitrogen and oxygen atoms in total. The second kappa shape index (κ2) is 6.01. The molecular formula is C15H10FIN2O. The van der Waals surface area contributed by atoms with E-state index in [0.29, 0.717) is 16.8 Å². The minimum atomic E-state index is -0.512. The van der Waals surface area contributed by atoms with E-state index in [4.69, 9.17) is 5.26 Å². The van der Waals surface area contributed by atoms with Gasteiger partial charge in [0, 0.05) is 20.4 Å². The summed E-state index contributed by atoms with van der Waals surface area (Å²) in [5.41, 5.74) is 1.28. The number of anilines is 1. The molecule has 2 aromatic rings. The summed E-state index contributed by atoms with van der Waals surface area (Å²) < 4.78 is 14.6. The fraction of sp³-hybridized carbons (Fsp3) is 0.0667. The van der Waals surface area contributed by atoms with E-state index < -0.39 is 5.82 Å². The van der Waals surface area contributed by atoms with Crippen LogP contribution in [0.2, 0.25) is 0 Å². The monoisotopic (exact) mass is 380 g/mol. The van der Waals surface area contributed by atoms with Gasteiger partial charge in [-0.3, -0.25) is 4.79 Å². The van der Waals surface area contributed by atoms with Crippen molar-refractivity contribution in [3.05, 3.63) is 62.5 Å². The largest absolute Gasteiger partial charge is 0.322 e. The summed E-state index contributed by atoms with van der Waals surface area (Å²) >= 11 is 2.11. The molecule has 0 aromatic heterocycles. The molecule has 0 aliphatic carbocycles. The quantitative estimate of drug-likeness (QED) is 0.805. The van der Waals surface area contributed by atoms with Crippen molar-refractivity contribution in [1.82, 2.24) is 0 Å². The number of carbonyl (C=O) groups is 1. The zero-order chi connectivity index (χ0) is 14.7. The number of nitriles is 1. The molecule has 0 unspecified atom stereocenters. The lowest BCUT2D eigenvalue weighted by atomic mass is 10.1. The number of hydrogen-bond donors (Lipinski definition) is 1. The Labute approximate surface area is 129 Å². The van der Waals surface area contributed by atoms with Crippen LogP contribution in [-0.2, 0) is 0 Å². The Hall–Kier alpha value is -1.94. The second-order valence-corrected chi connectivity index (χ2v) is 5.45. The minimum Gasteiger partial charge on any atom is -0.322 e. The Morgan fingerprint density at radius 1 is 1.35 bits per heavy atom. The highest BCUT2D eigenvalue weighted by atomic mass is 127. The van der Waals surface area contributed by atoms with Crippen molar-refractivity contribution in [2.75, 3.05) is 5.32 Å². The van der Waals surface area contributed by atoms with Gasteiger partial charge in [0.2, 0.25) is 0 Å². The molecule has 0 radical (unpaired) electrons. The molecule has 0 atom stereocenters. The molecule has 2 rings (SSSR count). The fourth-order valence-corrected chi connectivity index (χ4v) is 2.24. The van der Waals surface area contributed by atoms with Gasteiger partial charge >= 0.3 is 0 Å². The maximum Gasteiger partial charge on any atom is 0.255 e. The highest BCUT2D eigenvalue weighted by Gasteiger charge is 2.11. The van der Waals surface area contributed by atoms with E-state index >= 15 is 0 Å². The Morgan fingerprint density at radius 3 is 2.75 bits per heavy atom. The smallest absolute Gasteiger partial charge is 0.255 e. The molecule has 0 saturated carbocycles. The van der Waals surface area contributed by atoms with E-state index in [9.17, 15) is 9.18 Å². The third-order valence-corrected chi connectivity index (χ3v) is 3.48. The van der Waals surface area contributed by atoms with Gasteiger partial charge in [0.15, 0.2) is 0 Å². The lowest BCUT2D eigenvalue weighted by molar-refractivity contribution is 0.102. The maximum absolute atomic E-state index is 13.6. The summed E-state index contributed by atoms with van der Waals surface area (Å²) in [5, 5.41) is 11.5. The van der Waals surface area contributed by atoms with Gasteiger partial charge in [-0.2, -0.15) is 5.26 Å². The molecule has 0 spiro atoms. The molecule has 5 heteroatoms. The summed E-state index contributed by atoms with van der Waals surface area (Å²) in [6.07, 6.45) is 0. The molecule has 100 valence electrons. The first-order valence-corrected chi connectivity index (χ1v) is 6.86. The number of hydrogen-bond acceptors (Lipinski definition) is 2. The van der Waals surface area contributed by atoms with Crippen LogP contribution in [-0.4, -0.2) is 5.91 Å². The van der Waals surface area contributed by atoms with Crippen molar-refractivity contribution < 1.29 is 9.18 Å². The summed E-state index contributed by atoms with van der Waals surface area (Å²) in [6, 6.07) is 11.5. The van der Waals surface area contributed by atoms with E-state index in [1.54, 1.807) is 25.1 Å². The van der Waals surface area contributed by atoms with Crippen molar-refractivity contribution in [2.24, 2.45) is 0 Å². The molecule has 0 aliphatic heterocycles. The van der Waals surface area contributed by atoms with Crippen LogP contribution < -0.4 is 5.32 Å². The van der Waals surface area contributed by atoms with Crippen molar-refractivity contribution in [1.29, 1.82) is 5.26 Å². The van der Waals surface area contributed by atoms with Crippen LogP contribution in [0.5, 0.6) is 0 Å². The molecule has 20 heavy (non-hydrogen) atoms. The highest BCUT2D eigenvalue weighted by molar-refractivity contribution is 14.1. The van der Waals surface area contributed by atoms with Crippen LogP contribution in [0, 0.1) is 27.6 Å². The van der Waals surface area contributed by atoms with E-state index in [-0.39, 0.29) is 11.5 Å². The zero-order valence-electron chi connectivity index (χ0n) is 10.6. The van der Waals surface area contributed by atoms with Gasteiger partial charge in [-0.1, -0.05) is 6.07 Å². The van der Waals surface area contributed by atoms with Crippen molar-refractivity contribution in [2.45, 2.75) is 6.92 Å². The van der Waals surface area contributed by atoms with Crippen LogP contribution in [0.1, 0.15) is 21.5 Å². The minimum absolute atomic E-state index is 0.172. The first-order valence-electron chi connectivity index (χ1n) is 5.78. The topological polar surface area (TPSA) is 52.9 Å².